The summed E-state index contributed by atoms with van der Waals surface area (Å²) in [5.41, 5.74) is 2.00. The summed E-state index contributed by atoms with van der Waals surface area (Å²) in [6.07, 6.45) is 1.08. The smallest absolute Gasteiger partial charge is 0.267 e. The minimum atomic E-state index is -0.00806. The number of nitrogens with zero attached hydrogens (tertiary/aromatic N) is 2. The third-order valence-corrected chi connectivity index (χ3v) is 3.82. The van der Waals surface area contributed by atoms with Crippen LogP contribution < -0.4 is 5.32 Å². The van der Waals surface area contributed by atoms with Crippen LogP contribution in [0.15, 0.2) is 12.1 Å². The van der Waals surface area contributed by atoms with Gasteiger partial charge in [-0.05, 0) is 32.4 Å². The molecule has 2 rings (SSSR count). The molecule has 0 aliphatic carbocycles. The summed E-state index contributed by atoms with van der Waals surface area (Å²) in [5.74, 6) is -0.00806. The molecular formula is C15H25N3O2. The van der Waals surface area contributed by atoms with Gasteiger partial charge in [0.1, 0.15) is 5.69 Å². The highest BCUT2D eigenvalue weighted by Gasteiger charge is 2.20. The van der Waals surface area contributed by atoms with E-state index in [1.54, 1.807) is 7.11 Å². The zero-order valence-electron chi connectivity index (χ0n) is 12.7. The zero-order chi connectivity index (χ0) is 14.5. The van der Waals surface area contributed by atoms with Crippen LogP contribution in [0.1, 0.15) is 36.5 Å². The molecule has 1 aliphatic heterocycles. The third kappa shape index (κ3) is 3.41. The van der Waals surface area contributed by atoms with Gasteiger partial charge in [-0.1, -0.05) is 0 Å². The van der Waals surface area contributed by atoms with Gasteiger partial charge in [-0.15, -0.1) is 0 Å². The number of nitrogens with one attached hydrogen (secondary N) is 1. The van der Waals surface area contributed by atoms with E-state index in [1.807, 2.05) is 6.07 Å². The van der Waals surface area contributed by atoms with E-state index in [1.165, 1.54) is 5.69 Å². The Morgan fingerprint density at radius 2 is 2.20 bits per heavy atom. The molecule has 20 heavy (non-hydrogen) atoms. The first-order chi connectivity index (χ1) is 9.63. The average molecular weight is 279 g/mol. The van der Waals surface area contributed by atoms with Crippen molar-refractivity contribution in [2.75, 3.05) is 26.8 Å². The van der Waals surface area contributed by atoms with E-state index in [4.69, 9.17) is 4.74 Å². The fraction of sp³-hybridized carbons (Fsp3) is 0.667. The van der Waals surface area contributed by atoms with Crippen molar-refractivity contribution < 1.29 is 9.53 Å². The molecule has 0 fully saturated rings. The first kappa shape index (κ1) is 15.1. The number of methoxy groups -OCH3 is 1. The summed E-state index contributed by atoms with van der Waals surface area (Å²) in [7, 11) is 1.63. The summed E-state index contributed by atoms with van der Waals surface area (Å²) in [5, 5.41) is 2.89. The Labute approximate surface area is 120 Å². The van der Waals surface area contributed by atoms with Gasteiger partial charge in [0.05, 0.1) is 6.61 Å². The van der Waals surface area contributed by atoms with Gasteiger partial charge in [0, 0.05) is 45.0 Å². The Morgan fingerprint density at radius 3 is 2.90 bits per heavy atom. The summed E-state index contributed by atoms with van der Waals surface area (Å²) >= 11 is 0. The minimum absolute atomic E-state index is 0.00806. The molecule has 0 atom stereocenters. The number of rotatable bonds is 5. The molecule has 1 aliphatic rings. The number of ether oxygens (including phenoxy) is 1. The predicted octanol–water partition coefficient (Wildman–Crippen LogP) is 1.48. The second-order valence-corrected chi connectivity index (χ2v) is 5.53. The van der Waals surface area contributed by atoms with Crippen LogP contribution in [0.4, 0.5) is 0 Å². The first-order valence-electron chi connectivity index (χ1n) is 7.33. The number of aromatic nitrogens is 1. The van der Waals surface area contributed by atoms with Gasteiger partial charge in [-0.2, -0.15) is 0 Å². The van der Waals surface area contributed by atoms with E-state index in [9.17, 15) is 4.79 Å². The quantitative estimate of drug-likeness (QED) is 0.831. The van der Waals surface area contributed by atoms with Crippen LogP contribution in [0.3, 0.4) is 0 Å². The summed E-state index contributed by atoms with van der Waals surface area (Å²) in [6, 6.07) is 4.54. The standard InChI is InChI=1S/C15H25N3O2/c1-12(2)17-8-4-9-18-13(11-17)5-6-14(18)15(19)16-7-10-20-3/h5-6,12H,4,7-11H2,1-3H3,(H,16,19). The maximum atomic E-state index is 12.2. The highest BCUT2D eigenvalue weighted by molar-refractivity contribution is 5.92. The molecule has 0 bridgehead atoms. The van der Waals surface area contributed by atoms with Crippen LogP contribution in [-0.4, -0.2) is 48.2 Å². The Balaban J connectivity index is 2.09. The first-order valence-corrected chi connectivity index (χ1v) is 7.33. The largest absolute Gasteiger partial charge is 0.383 e. The molecule has 0 spiro atoms. The second kappa shape index (κ2) is 6.90. The lowest BCUT2D eigenvalue weighted by atomic mass is 10.2. The molecule has 1 amide bonds. The Kier molecular flexibility index (Phi) is 5.20. The molecular weight excluding hydrogens is 254 g/mol. The van der Waals surface area contributed by atoms with Crippen molar-refractivity contribution in [3.8, 4) is 0 Å². The molecule has 112 valence electrons. The van der Waals surface area contributed by atoms with Gasteiger partial charge in [-0.25, -0.2) is 0 Å². The van der Waals surface area contributed by atoms with E-state index in [0.29, 0.717) is 19.2 Å². The van der Waals surface area contributed by atoms with Gasteiger partial charge >= 0.3 is 0 Å². The lowest BCUT2D eigenvalue weighted by molar-refractivity contribution is 0.0927. The van der Waals surface area contributed by atoms with Crippen molar-refractivity contribution in [2.45, 2.75) is 39.4 Å². The van der Waals surface area contributed by atoms with Crippen molar-refractivity contribution in [1.29, 1.82) is 0 Å². The molecule has 1 aromatic rings. The summed E-state index contributed by atoms with van der Waals surface area (Å²) < 4.78 is 7.11. The molecule has 0 unspecified atom stereocenters. The summed E-state index contributed by atoms with van der Waals surface area (Å²) in [6.45, 7) is 8.45. The van der Waals surface area contributed by atoms with Crippen LogP contribution in [0.5, 0.6) is 0 Å². The van der Waals surface area contributed by atoms with E-state index < -0.39 is 0 Å². The second-order valence-electron chi connectivity index (χ2n) is 5.53. The fourth-order valence-electron chi connectivity index (χ4n) is 2.63. The van der Waals surface area contributed by atoms with Crippen LogP contribution in [-0.2, 0) is 17.8 Å². The highest BCUT2D eigenvalue weighted by Crippen LogP contribution is 2.18. The molecule has 1 N–H and O–H groups in total. The fourth-order valence-corrected chi connectivity index (χ4v) is 2.63. The van der Waals surface area contributed by atoms with Gasteiger partial charge in [-0.3, -0.25) is 9.69 Å². The monoisotopic (exact) mass is 279 g/mol. The predicted molar refractivity (Wildman–Crippen MR) is 78.8 cm³/mol. The number of fused-ring (bicyclic) bond motifs is 1. The normalized spacial score (nSPS) is 16.0. The number of amides is 1. The van der Waals surface area contributed by atoms with Crippen molar-refractivity contribution in [3.63, 3.8) is 0 Å². The highest BCUT2D eigenvalue weighted by atomic mass is 16.5. The van der Waals surface area contributed by atoms with Gasteiger partial charge in [0.25, 0.3) is 5.91 Å². The lowest BCUT2D eigenvalue weighted by Crippen LogP contribution is -2.30. The zero-order valence-corrected chi connectivity index (χ0v) is 12.7. The van der Waals surface area contributed by atoms with E-state index >= 15 is 0 Å². The minimum Gasteiger partial charge on any atom is -0.383 e. The molecule has 0 radical (unpaired) electrons. The van der Waals surface area contributed by atoms with Crippen LogP contribution in [0, 0.1) is 0 Å². The van der Waals surface area contributed by atoms with Crippen LogP contribution >= 0.6 is 0 Å². The molecule has 5 heteroatoms. The topological polar surface area (TPSA) is 46.5 Å². The molecule has 0 saturated carbocycles. The van der Waals surface area contributed by atoms with Gasteiger partial charge < -0.3 is 14.6 Å². The third-order valence-electron chi connectivity index (χ3n) is 3.82. The number of hydrogen-bond donors (Lipinski definition) is 1. The molecule has 0 saturated heterocycles. The number of carbonyl (C=O) groups is 1. The number of hydrogen-bond acceptors (Lipinski definition) is 3. The van der Waals surface area contributed by atoms with Crippen molar-refractivity contribution in [1.82, 2.24) is 14.8 Å². The SMILES string of the molecule is COCCNC(=O)c1ccc2n1CCCN(C(C)C)C2. The maximum absolute atomic E-state index is 12.2. The summed E-state index contributed by atoms with van der Waals surface area (Å²) in [4.78, 5) is 14.6. The lowest BCUT2D eigenvalue weighted by Gasteiger charge is -2.23. The maximum Gasteiger partial charge on any atom is 0.267 e. The van der Waals surface area contributed by atoms with Crippen molar-refractivity contribution in [2.24, 2.45) is 0 Å². The molecule has 2 heterocycles. The molecule has 1 aromatic heterocycles. The Hall–Kier alpha value is -1.33. The van der Waals surface area contributed by atoms with E-state index in [2.05, 4.69) is 34.7 Å². The average Bonchev–Trinajstić information content (AvgIpc) is 2.69. The van der Waals surface area contributed by atoms with E-state index in [0.717, 1.165) is 31.7 Å². The van der Waals surface area contributed by atoms with Crippen molar-refractivity contribution >= 4 is 5.91 Å². The van der Waals surface area contributed by atoms with Crippen molar-refractivity contribution in [3.05, 3.63) is 23.5 Å². The van der Waals surface area contributed by atoms with Gasteiger partial charge in [0.15, 0.2) is 0 Å². The van der Waals surface area contributed by atoms with Gasteiger partial charge in [0.2, 0.25) is 0 Å². The molecule has 0 aromatic carbocycles. The number of carbonyl (C=O) groups excluding carboxylic acids is 1. The Bertz CT molecular complexity index is 454. The molecule has 5 nitrogen and oxygen atoms in total. The Morgan fingerprint density at radius 1 is 1.40 bits per heavy atom. The van der Waals surface area contributed by atoms with Crippen LogP contribution in [0.2, 0.25) is 0 Å². The van der Waals surface area contributed by atoms with E-state index in [-0.39, 0.29) is 5.91 Å². The van der Waals surface area contributed by atoms with Crippen LogP contribution in [0.25, 0.3) is 0 Å².